The monoisotopic (exact) mass is 818 g/mol. The molecule has 2 heterocycles. The molecule has 0 unspecified atom stereocenters. The molecule has 6 nitrogen and oxygen atoms in total. The van der Waals surface area contributed by atoms with E-state index in [4.69, 9.17) is 29.9 Å². The molecule has 0 spiro atoms. The Balaban J connectivity index is 1.13. The summed E-state index contributed by atoms with van der Waals surface area (Å²) < 4.78 is 0. The molecule has 9 aromatic carbocycles. The average Bonchev–Trinajstić information content (AvgIpc) is 3.39. The van der Waals surface area contributed by atoms with Gasteiger partial charge in [0.1, 0.15) is 0 Å². The first-order chi connectivity index (χ1) is 31.7. The summed E-state index contributed by atoms with van der Waals surface area (Å²) in [5, 5.41) is 2.15. The molecule has 2 aromatic heterocycles. The van der Waals surface area contributed by atoms with E-state index in [1.165, 1.54) is 0 Å². The minimum absolute atomic E-state index is 0.601. The predicted octanol–water partition coefficient (Wildman–Crippen LogP) is 14.2. The van der Waals surface area contributed by atoms with E-state index in [9.17, 15) is 0 Å². The third-order valence-corrected chi connectivity index (χ3v) is 11.4. The van der Waals surface area contributed by atoms with Crippen LogP contribution in [0.2, 0.25) is 0 Å². The topological polar surface area (TPSA) is 77.3 Å². The third-order valence-electron chi connectivity index (χ3n) is 11.4. The first-order valence-electron chi connectivity index (χ1n) is 21.3. The maximum absolute atomic E-state index is 5.27. The van der Waals surface area contributed by atoms with Gasteiger partial charge in [0.05, 0.1) is 0 Å². The molecule has 11 rings (SSSR count). The fourth-order valence-electron chi connectivity index (χ4n) is 8.32. The molecule has 0 aliphatic rings. The van der Waals surface area contributed by atoms with Crippen molar-refractivity contribution in [3.8, 4) is 102 Å². The van der Waals surface area contributed by atoms with Crippen molar-refractivity contribution < 1.29 is 0 Å². The summed E-state index contributed by atoms with van der Waals surface area (Å²) in [4.78, 5) is 30.8. The van der Waals surface area contributed by atoms with Crippen molar-refractivity contribution in [2.45, 2.75) is 0 Å². The number of rotatable bonds is 9. The molecule has 0 N–H and O–H groups in total. The Kier molecular flexibility index (Phi) is 10.1. The minimum Gasteiger partial charge on any atom is -0.208 e. The lowest BCUT2D eigenvalue weighted by Crippen LogP contribution is -2.02. The van der Waals surface area contributed by atoms with Crippen molar-refractivity contribution in [2.75, 3.05) is 0 Å². The molecule has 0 bridgehead atoms. The Bertz CT molecular complexity index is 3300. The van der Waals surface area contributed by atoms with E-state index < -0.39 is 0 Å². The van der Waals surface area contributed by atoms with Crippen molar-refractivity contribution in [2.24, 2.45) is 0 Å². The molecule has 0 saturated heterocycles. The normalized spacial score (nSPS) is 11.1. The molecule has 0 fully saturated rings. The molecule has 0 amide bonds. The highest BCUT2D eigenvalue weighted by molar-refractivity contribution is 6.05. The van der Waals surface area contributed by atoms with Gasteiger partial charge in [0.2, 0.25) is 0 Å². The number of fused-ring (bicyclic) bond motifs is 1. The van der Waals surface area contributed by atoms with E-state index in [-0.39, 0.29) is 0 Å². The zero-order chi connectivity index (χ0) is 42.7. The Morgan fingerprint density at radius 3 is 1.11 bits per heavy atom. The molecule has 300 valence electrons. The van der Waals surface area contributed by atoms with Crippen molar-refractivity contribution in [3.63, 3.8) is 0 Å². The van der Waals surface area contributed by atoms with Gasteiger partial charge in [0.25, 0.3) is 0 Å². The fraction of sp³-hybridized carbons (Fsp3) is 0. The molecule has 0 aliphatic carbocycles. The first kappa shape index (κ1) is 38.2. The Morgan fingerprint density at radius 2 is 0.594 bits per heavy atom. The van der Waals surface area contributed by atoms with E-state index in [1.807, 2.05) is 127 Å². The molecular formula is C58H38N6. The van der Waals surface area contributed by atoms with Gasteiger partial charge in [0.15, 0.2) is 34.9 Å². The van der Waals surface area contributed by atoms with Crippen molar-refractivity contribution in [3.05, 3.63) is 231 Å². The van der Waals surface area contributed by atoms with Crippen molar-refractivity contribution >= 4 is 10.8 Å². The lowest BCUT2D eigenvalue weighted by Gasteiger charge is -2.19. The van der Waals surface area contributed by atoms with Crippen molar-refractivity contribution in [1.29, 1.82) is 0 Å². The van der Waals surface area contributed by atoms with Gasteiger partial charge in [-0.1, -0.05) is 224 Å². The highest BCUT2D eigenvalue weighted by Crippen LogP contribution is 2.44. The first-order valence-corrected chi connectivity index (χ1v) is 21.3. The lowest BCUT2D eigenvalue weighted by atomic mass is 9.86. The number of hydrogen-bond acceptors (Lipinski definition) is 6. The lowest BCUT2D eigenvalue weighted by molar-refractivity contribution is 1.07. The summed E-state index contributed by atoms with van der Waals surface area (Å²) in [6.07, 6.45) is 0. The maximum atomic E-state index is 5.27. The van der Waals surface area contributed by atoms with Crippen LogP contribution in [0.25, 0.3) is 112 Å². The molecule has 0 saturated carbocycles. The van der Waals surface area contributed by atoms with Gasteiger partial charge in [-0.05, 0) is 50.2 Å². The number of hydrogen-bond donors (Lipinski definition) is 0. The molecule has 64 heavy (non-hydrogen) atoms. The fourth-order valence-corrected chi connectivity index (χ4v) is 8.32. The van der Waals surface area contributed by atoms with Crippen LogP contribution in [0.1, 0.15) is 0 Å². The summed E-state index contributed by atoms with van der Waals surface area (Å²) in [5.74, 6) is 3.67. The summed E-state index contributed by atoms with van der Waals surface area (Å²) in [7, 11) is 0. The second-order valence-corrected chi connectivity index (χ2v) is 15.5. The van der Waals surface area contributed by atoms with Gasteiger partial charge in [-0.25, -0.2) is 29.9 Å². The van der Waals surface area contributed by atoms with Gasteiger partial charge in [-0.3, -0.25) is 0 Å². The van der Waals surface area contributed by atoms with Crippen molar-refractivity contribution in [1.82, 2.24) is 29.9 Å². The molecular weight excluding hydrogens is 781 g/mol. The zero-order valence-electron chi connectivity index (χ0n) is 34.6. The molecule has 11 aromatic rings. The van der Waals surface area contributed by atoms with Crippen LogP contribution in [0.15, 0.2) is 231 Å². The van der Waals surface area contributed by atoms with Gasteiger partial charge >= 0.3 is 0 Å². The van der Waals surface area contributed by atoms with Crippen LogP contribution in [-0.2, 0) is 0 Å². The van der Waals surface area contributed by atoms with Gasteiger partial charge in [-0.15, -0.1) is 0 Å². The predicted molar refractivity (Wildman–Crippen MR) is 260 cm³/mol. The van der Waals surface area contributed by atoms with E-state index in [0.717, 1.165) is 77.5 Å². The molecule has 0 atom stereocenters. The van der Waals surface area contributed by atoms with Crippen LogP contribution in [0.3, 0.4) is 0 Å². The highest BCUT2D eigenvalue weighted by atomic mass is 15.0. The van der Waals surface area contributed by atoms with Crippen LogP contribution in [0.5, 0.6) is 0 Å². The average molecular weight is 819 g/mol. The van der Waals surface area contributed by atoms with E-state index >= 15 is 0 Å². The Labute approximate surface area is 371 Å². The maximum Gasteiger partial charge on any atom is 0.165 e. The Hall–Kier alpha value is -8.74. The molecule has 0 radical (unpaired) electrons. The quantitative estimate of drug-likeness (QED) is 0.144. The summed E-state index contributed by atoms with van der Waals surface area (Å²) in [6, 6.07) is 79.0. The molecule has 6 heteroatoms. The number of aromatic nitrogens is 6. The van der Waals surface area contributed by atoms with Crippen LogP contribution in [0.4, 0.5) is 0 Å². The van der Waals surface area contributed by atoms with Crippen LogP contribution in [0, 0.1) is 0 Å². The van der Waals surface area contributed by atoms with E-state index in [2.05, 4.69) is 103 Å². The van der Waals surface area contributed by atoms with Gasteiger partial charge < -0.3 is 0 Å². The van der Waals surface area contributed by atoms with Gasteiger partial charge in [0, 0.05) is 33.4 Å². The summed E-state index contributed by atoms with van der Waals surface area (Å²) in [6.45, 7) is 0. The summed E-state index contributed by atoms with van der Waals surface area (Å²) in [5.41, 5.74) is 11.8. The number of nitrogens with zero attached hydrogens (tertiary/aromatic N) is 6. The summed E-state index contributed by atoms with van der Waals surface area (Å²) >= 11 is 0. The second kappa shape index (κ2) is 17.0. The largest absolute Gasteiger partial charge is 0.208 e. The standard InChI is InChI=1S/C58H38N6/c1-6-20-39(21-7-1)51-38-45(46-31-18-19-33-50(46)57-61-53(41-23-8-2-9-24-41)59-54(62-57)42-25-10-3-11-26-42)35-36-48(51)49-37-34-40-22-16-17-32-47(40)52(49)58-63-55(43-27-12-4-13-28-43)60-56(64-58)44-29-14-5-15-30-44/h1-38H. The SMILES string of the molecule is c1ccc(-c2nc(-c3ccccc3)nc(-c3ccccc3-c3ccc(-c4ccc5ccccc5c4-c4nc(-c5ccccc5)nc(-c5ccccc5)n4)c(-c4ccccc4)c3)n2)cc1. The molecule has 0 aliphatic heterocycles. The second-order valence-electron chi connectivity index (χ2n) is 15.5. The van der Waals surface area contributed by atoms with Crippen LogP contribution in [-0.4, -0.2) is 29.9 Å². The minimum atomic E-state index is 0.601. The van der Waals surface area contributed by atoms with Crippen LogP contribution < -0.4 is 0 Å². The van der Waals surface area contributed by atoms with Crippen LogP contribution >= 0.6 is 0 Å². The van der Waals surface area contributed by atoms with E-state index in [1.54, 1.807) is 0 Å². The van der Waals surface area contributed by atoms with Gasteiger partial charge in [-0.2, -0.15) is 0 Å². The Morgan fingerprint density at radius 1 is 0.203 bits per heavy atom. The smallest absolute Gasteiger partial charge is 0.165 e. The highest BCUT2D eigenvalue weighted by Gasteiger charge is 2.22. The van der Waals surface area contributed by atoms with E-state index in [0.29, 0.717) is 34.9 Å². The number of benzene rings is 9. The zero-order valence-corrected chi connectivity index (χ0v) is 34.6. The third kappa shape index (κ3) is 7.50.